The zero-order valence-electron chi connectivity index (χ0n) is 21.1. The summed E-state index contributed by atoms with van der Waals surface area (Å²) >= 11 is 0. The van der Waals surface area contributed by atoms with Crippen molar-refractivity contribution in [3.05, 3.63) is 65.4 Å². The van der Waals surface area contributed by atoms with Crippen LogP contribution in [-0.4, -0.2) is 70.8 Å². The van der Waals surface area contributed by atoms with Crippen LogP contribution in [0.1, 0.15) is 52.5 Å². The lowest BCUT2D eigenvalue weighted by Crippen LogP contribution is -2.50. The quantitative estimate of drug-likeness (QED) is 0.556. The molecule has 2 aromatic carbocycles. The molecule has 2 aliphatic rings. The molecule has 1 aromatic heterocycles. The fourth-order valence-corrected chi connectivity index (χ4v) is 4.64. The molecule has 1 fully saturated rings. The molecule has 1 saturated heterocycles. The normalized spacial score (nSPS) is 15.7. The molecule has 0 radical (unpaired) electrons. The average Bonchev–Trinajstić information content (AvgIpc) is 3.14. The zero-order chi connectivity index (χ0) is 25.2. The molecule has 0 unspecified atom stereocenters. The Bertz CT molecular complexity index is 1260. The maximum absolute atomic E-state index is 13.5. The highest BCUT2D eigenvalue weighted by Crippen LogP contribution is 2.35. The van der Waals surface area contributed by atoms with Gasteiger partial charge in [0.2, 0.25) is 0 Å². The molecule has 8 heteroatoms. The lowest BCUT2D eigenvalue weighted by atomic mass is 10.0. The summed E-state index contributed by atoms with van der Waals surface area (Å²) < 4.78 is 13.2. The second-order valence-electron chi connectivity index (χ2n) is 9.64. The summed E-state index contributed by atoms with van der Waals surface area (Å²) in [5.74, 6) is 1.72. The van der Waals surface area contributed by atoms with Gasteiger partial charge in [0.05, 0.1) is 18.8 Å². The molecule has 2 amide bonds. The smallest absolute Gasteiger partial charge is 0.257 e. The summed E-state index contributed by atoms with van der Waals surface area (Å²) in [7, 11) is 1.81. The van der Waals surface area contributed by atoms with Crippen LogP contribution in [0.3, 0.4) is 0 Å². The van der Waals surface area contributed by atoms with E-state index in [4.69, 9.17) is 9.47 Å². The summed E-state index contributed by atoms with van der Waals surface area (Å²) in [6, 6.07) is 13.5. The molecule has 2 aliphatic heterocycles. The highest BCUT2D eigenvalue weighted by atomic mass is 16.5. The summed E-state index contributed by atoms with van der Waals surface area (Å²) in [6.45, 7) is 7.43. The third-order valence-electron chi connectivity index (χ3n) is 6.76. The molecule has 5 rings (SSSR count). The van der Waals surface area contributed by atoms with Gasteiger partial charge in [-0.2, -0.15) is 5.10 Å². The van der Waals surface area contributed by atoms with Crippen molar-refractivity contribution in [2.45, 2.75) is 26.2 Å². The van der Waals surface area contributed by atoms with Gasteiger partial charge < -0.3 is 19.3 Å². The van der Waals surface area contributed by atoms with Gasteiger partial charge in [-0.25, -0.2) is 0 Å². The van der Waals surface area contributed by atoms with E-state index >= 15 is 0 Å². The van der Waals surface area contributed by atoms with Crippen molar-refractivity contribution in [1.82, 2.24) is 19.6 Å². The van der Waals surface area contributed by atoms with Crippen molar-refractivity contribution in [2.24, 2.45) is 7.05 Å². The van der Waals surface area contributed by atoms with Gasteiger partial charge >= 0.3 is 0 Å². The van der Waals surface area contributed by atoms with Crippen molar-refractivity contribution >= 4 is 11.8 Å². The number of aryl methyl sites for hydroxylation is 1. The maximum Gasteiger partial charge on any atom is 0.257 e. The number of carbonyl (C=O) groups excluding carboxylic acids is 2. The largest absolute Gasteiger partial charge is 0.490 e. The van der Waals surface area contributed by atoms with Crippen LogP contribution in [0.5, 0.6) is 11.5 Å². The molecule has 0 saturated carbocycles. The van der Waals surface area contributed by atoms with Gasteiger partial charge in [0, 0.05) is 57.0 Å². The van der Waals surface area contributed by atoms with E-state index < -0.39 is 0 Å². The molecule has 3 aromatic rings. The highest BCUT2D eigenvalue weighted by molar-refractivity contribution is 6.00. The van der Waals surface area contributed by atoms with Crippen LogP contribution in [-0.2, 0) is 7.05 Å². The Labute approximate surface area is 211 Å². The first-order valence-corrected chi connectivity index (χ1v) is 12.5. The molecular formula is C28H32N4O4. The number of fused-ring (bicyclic) bond motifs is 1. The minimum absolute atomic E-state index is 0.00617. The van der Waals surface area contributed by atoms with E-state index in [-0.39, 0.29) is 11.8 Å². The molecule has 188 valence electrons. The molecule has 0 spiro atoms. The van der Waals surface area contributed by atoms with Gasteiger partial charge in [0.15, 0.2) is 11.5 Å². The van der Waals surface area contributed by atoms with Crippen molar-refractivity contribution in [3.63, 3.8) is 0 Å². The number of benzene rings is 2. The number of aromatic nitrogens is 2. The van der Waals surface area contributed by atoms with Gasteiger partial charge in [-0.05, 0) is 41.8 Å². The van der Waals surface area contributed by atoms with Crippen LogP contribution in [0.2, 0.25) is 0 Å². The van der Waals surface area contributed by atoms with E-state index in [1.807, 2.05) is 54.4 Å². The Hall–Kier alpha value is -3.81. The van der Waals surface area contributed by atoms with Crippen LogP contribution in [0.15, 0.2) is 48.7 Å². The lowest BCUT2D eigenvalue weighted by Gasteiger charge is -2.34. The van der Waals surface area contributed by atoms with E-state index in [0.29, 0.717) is 73.6 Å². The molecule has 0 N–H and O–H groups in total. The van der Waals surface area contributed by atoms with Gasteiger partial charge in [0.1, 0.15) is 5.69 Å². The Kier molecular flexibility index (Phi) is 6.67. The van der Waals surface area contributed by atoms with E-state index in [1.165, 1.54) is 5.56 Å². The first-order chi connectivity index (χ1) is 17.4. The van der Waals surface area contributed by atoms with E-state index in [1.54, 1.807) is 15.8 Å². The van der Waals surface area contributed by atoms with Gasteiger partial charge in [0.25, 0.3) is 11.8 Å². The summed E-state index contributed by atoms with van der Waals surface area (Å²) in [6.07, 6.45) is 2.59. The summed E-state index contributed by atoms with van der Waals surface area (Å²) in [5.41, 5.74) is 3.85. The minimum atomic E-state index is -0.0846. The number of nitrogens with zero attached hydrogens (tertiary/aromatic N) is 4. The first kappa shape index (κ1) is 23.9. The van der Waals surface area contributed by atoms with Crippen LogP contribution < -0.4 is 9.47 Å². The van der Waals surface area contributed by atoms with Crippen LogP contribution in [0, 0.1) is 0 Å². The topological polar surface area (TPSA) is 76.9 Å². The maximum atomic E-state index is 13.5. The van der Waals surface area contributed by atoms with Crippen molar-refractivity contribution < 1.29 is 19.1 Å². The molecule has 0 atom stereocenters. The minimum Gasteiger partial charge on any atom is -0.490 e. The van der Waals surface area contributed by atoms with Crippen LogP contribution in [0.4, 0.5) is 0 Å². The van der Waals surface area contributed by atoms with E-state index in [0.717, 1.165) is 12.0 Å². The zero-order valence-corrected chi connectivity index (χ0v) is 21.1. The van der Waals surface area contributed by atoms with E-state index in [9.17, 15) is 9.59 Å². The number of piperazine rings is 1. The van der Waals surface area contributed by atoms with Gasteiger partial charge in [-0.15, -0.1) is 0 Å². The number of hydrogen-bond donors (Lipinski definition) is 0. The SMILES string of the molecule is CC(C)c1ccc(C(=O)N2CCN(C(=O)c3cn(C)nc3-c3ccc4c(c3)OCCCO4)CC2)cc1. The molecular weight excluding hydrogens is 456 g/mol. The van der Waals surface area contributed by atoms with Crippen LogP contribution in [0.25, 0.3) is 11.3 Å². The van der Waals surface area contributed by atoms with Gasteiger partial charge in [-0.3, -0.25) is 14.3 Å². The fraction of sp³-hybridized carbons (Fsp3) is 0.393. The lowest BCUT2D eigenvalue weighted by molar-refractivity contribution is 0.0536. The molecule has 8 nitrogen and oxygen atoms in total. The first-order valence-electron chi connectivity index (χ1n) is 12.5. The number of ether oxygens (including phenoxy) is 2. The van der Waals surface area contributed by atoms with Gasteiger partial charge in [-0.1, -0.05) is 26.0 Å². The second-order valence-corrected chi connectivity index (χ2v) is 9.64. The summed E-state index contributed by atoms with van der Waals surface area (Å²) in [4.78, 5) is 30.1. The number of hydrogen-bond acceptors (Lipinski definition) is 5. The predicted octanol–water partition coefficient (Wildman–Crippen LogP) is 3.97. The number of carbonyl (C=O) groups is 2. The Balaban J connectivity index is 1.28. The Morgan fingerprint density at radius 1 is 0.861 bits per heavy atom. The Morgan fingerprint density at radius 3 is 2.17 bits per heavy atom. The predicted molar refractivity (Wildman–Crippen MR) is 137 cm³/mol. The number of rotatable bonds is 4. The standard InChI is InChI=1S/C28H32N4O4/c1-19(2)20-5-7-21(8-6-20)27(33)31-11-13-32(14-12-31)28(34)23-18-30(3)29-26(23)22-9-10-24-25(17-22)36-16-4-15-35-24/h5-10,17-19H,4,11-16H2,1-3H3. The molecule has 3 heterocycles. The highest BCUT2D eigenvalue weighted by Gasteiger charge is 2.28. The molecule has 0 bridgehead atoms. The van der Waals surface area contributed by atoms with Crippen molar-refractivity contribution in [3.8, 4) is 22.8 Å². The second kappa shape index (κ2) is 10.0. The number of amides is 2. The van der Waals surface area contributed by atoms with Crippen molar-refractivity contribution in [1.29, 1.82) is 0 Å². The van der Waals surface area contributed by atoms with Crippen LogP contribution >= 0.6 is 0 Å². The molecule has 0 aliphatic carbocycles. The van der Waals surface area contributed by atoms with E-state index in [2.05, 4.69) is 18.9 Å². The Morgan fingerprint density at radius 2 is 1.50 bits per heavy atom. The monoisotopic (exact) mass is 488 g/mol. The fourth-order valence-electron chi connectivity index (χ4n) is 4.64. The van der Waals surface area contributed by atoms with Crippen molar-refractivity contribution in [2.75, 3.05) is 39.4 Å². The molecule has 36 heavy (non-hydrogen) atoms. The average molecular weight is 489 g/mol. The summed E-state index contributed by atoms with van der Waals surface area (Å²) in [5, 5.41) is 4.58. The third kappa shape index (κ3) is 4.80. The third-order valence-corrected chi connectivity index (χ3v) is 6.76.